The van der Waals surface area contributed by atoms with E-state index in [2.05, 4.69) is 9.88 Å². The first kappa shape index (κ1) is 11.6. The summed E-state index contributed by atoms with van der Waals surface area (Å²) in [6.45, 7) is 0.819. The van der Waals surface area contributed by atoms with Crippen LogP contribution in [0.15, 0.2) is 53.3 Å². The van der Waals surface area contributed by atoms with E-state index >= 15 is 0 Å². The Kier molecular flexibility index (Phi) is 2.83. The van der Waals surface area contributed by atoms with Gasteiger partial charge in [-0.25, -0.2) is 4.98 Å². The van der Waals surface area contributed by atoms with Crippen LogP contribution in [0, 0.1) is 0 Å². The lowest BCUT2D eigenvalue weighted by Crippen LogP contribution is -2.16. The highest BCUT2D eigenvalue weighted by molar-refractivity contribution is 5.77. The van der Waals surface area contributed by atoms with Crippen LogP contribution in [0.3, 0.4) is 0 Å². The van der Waals surface area contributed by atoms with Crippen molar-refractivity contribution in [2.24, 2.45) is 0 Å². The predicted octanol–water partition coefficient (Wildman–Crippen LogP) is 3.05. The summed E-state index contributed by atoms with van der Waals surface area (Å²) in [5.41, 5.74) is 10.5. The van der Waals surface area contributed by atoms with Crippen LogP contribution in [-0.4, -0.2) is 12.0 Å². The quantitative estimate of drug-likeness (QED) is 0.729. The number of hydrogen-bond donors (Lipinski definition) is 1. The largest absolute Gasteiger partial charge is 0.443 e. The van der Waals surface area contributed by atoms with Gasteiger partial charge in [-0.15, -0.1) is 0 Å². The summed E-state index contributed by atoms with van der Waals surface area (Å²) in [5.74, 6) is 0. The number of hydrogen-bond acceptors (Lipinski definition) is 4. The minimum absolute atomic E-state index is 0.787. The molecule has 0 unspecified atom stereocenters. The second-order valence-corrected chi connectivity index (χ2v) is 4.60. The van der Waals surface area contributed by atoms with E-state index < -0.39 is 0 Å². The van der Waals surface area contributed by atoms with Gasteiger partial charge in [0.25, 0.3) is 0 Å². The Hall–Kier alpha value is -2.49. The Morgan fingerprint density at radius 2 is 1.95 bits per heavy atom. The van der Waals surface area contributed by atoms with Gasteiger partial charge in [-0.05, 0) is 29.8 Å². The van der Waals surface area contributed by atoms with Crippen LogP contribution < -0.4 is 10.6 Å². The standard InChI is InChI=1S/C15H15N3O/c1-18(9-11-2-4-12(16)5-3-11)13-6-7-14-15(8-13)19-10-17-14/h2-8,10H,9,16H2,1H3. The number of oxazole rings is 1. The van der Waals surface area contributed by atoms with Crippen molar-refractivity contribution in [1.82, 2.24) is 4.98 Å². The van der Waals surface area contributed by atoms with Crippen LogP contribution in [0.5, 0.6) is 0 Å². The molecule has 0 radical (unpaired) electrons. The lowest BCUT2D eigenvalue weighted by atomic mass is 10.2. The molecule has 0 amide bonds. The third kappa shape index (κ3) is 2.38. The molecule has 2 N–H and O–H groups in total. The maximum absolute atomic E-state index is 5.69. The molecule has 4 heteroatoms. The predicted molar refractivity (Wildman–Crippen MR) is 77.0 cm³/mol. The Balaban J connectivity index is 1.82. The molecule has 0 bridgehead atoms. The molecule has 0 saturated heterocycles. The van der Waals surface area contributed by atoms with E-state index in [1.807, 2.05) is 49.5 Å². The number of aromatic nitrogens is 1. The smallest absolute Gasteiger partial charge is 0.181 e. The molecule has 96 valence electrons. The van der Waals surface area contributed by atoms with Crippen molar-refractivity contribution < 1.29 is 4.42 Å². The highest BCUT2D eigenvalue weighted by Gasteiger charge is 2.05. The zero-order valence-corrected chi connectivity index (χ0v) is 10.7. The molecule has 1 aromatic heterocycles. The maximum Gasteiger partial charge on any atom is 0.181 e. The third-order valence-electron chi connectivity index (χ3n) is 3.16. The summed E-state index contributed by atoms with van der Waals surface area (Å²) in [4.78, 5) is 6.27. The molecule has 0 saturated carbocycles. The Labute approximate surface area is 111 Å². The van der Waals surface area contributed by atoms with Crippen molar-refractivity contribution in [2.45, 2.75) is 6.54 Å². The van der Waals surface area contributed by atoms with Gasteiger partial charge in [0.15, 0.2) is 12.0 Å². The van der Waals surface area contributed by atoms with Crippen LogP contribution >= 0.6 is 0 Å². The van der Waals surface area contributed by atoms with Gasteiger partial charge in [-0.3, -0.25) is 0 Å². The topological polar surface area (TPSA) is 55.3 Å². The highest BCUT2D eigenvalue weighted by Crippen LogP contribution is 2.22. The first-order valence-electron chi connectivity index (χ1n) is 6.11. The summed E-state index contributed by atoms with van der Waals surface area (Å²) < 4.78 is 5.32. The summed E-state index contributed by atoms with van der Waals surface area (Å²) in [5, 5.41) is 0. The summed E-state index contributed by atoms with van der Waals surface area (Å²) in [7, 11) is 2.05. The van der Waals surface area contributed by atoms with Crippen LogP contribution in [-0.2, 0) is 6.54 Å². The van der Waals surface area contributed by atoms with E-state index in [1.54, 1.807) is 0 Å². The molecule has 3 rings (SSSR count). The van der Waals surface area contributed by atoms with E-state index in [1.165, 1.54) is 12.0 Å². The zero-order valence-electron chi connectivity index (χ0n) is 10.7. The van der Waals surface area contributed by atoms with Crippen molar-refractivity contribution in [3.8, 4) is 0 Å². The Bertz CT molecular complexity index is 688. The second kappa shape index (κ2) is 4.65. The lowest BCUT2D eigenvalue weighted by Gasteiger charge is -2.19. The minimum Gasteiger partial charge on any atom is -0.443 e. The van der Waals surface area contributed by atoms with E-state index in [-0.39, 0.29) is 0 Å². The molecule has 1 heterocycles. The van der Waals surface area contributed by atoms with Gasteiger partial charge in [0.2, 0.25) is 0 Å². The van der Waals surface area contributed by atoms with Crippen LogP contribution in [0.25, 0.3) is 11.1 Å². The molecule has 3 aromatic rings. The normalized spacial score (nSPS) is 10.8. The van der Waals surface area contributed by atoms with Crippen molar-refractivity contribution in [2.75, 3.05) is 17.7 Å². The number of anilines is 2. The molecule has 4 nitrogen and oxygen atoms in total. The lowest BCUT2D eigenvalue weighted by molar-refractivity contribution is 0.602. The van der Waals surface area contributed by atoms with Gasteiger partial charge in [-0.1, -0.05) is 12.1 Å². The average molecular weight is 253 g/mol. The van der Waals surface area contributed by atoms with Crippen LogP contribution in [0.2, 0.25) is 0 Å². The zero-order chi connectivity index (χ0) is 13.2. The van der Waals surface area contributed by atoms with Crippen molar-refractivity contribution >= 4 is 22.5 Å². The van der Waals surface area contributed by atoms with Crippen molar-refractivity contribution in [3.05, 3.63) is 54.4 Å². The second-order valence-electron chi connectivity index (χ2n) is 4.60. The fourth-order valence-corrected chi connectivity index (χ4v) is 2.07. The molecule has 0 spiro atoms. The Morgan fingerprint density at radius 3 is 2.74 bits per heavy atom. The maximum atomic E-state index is 5.69. The van der Waals surface area contributed by atoms with Crippen molar-refractivity contribution in [1.29, 1.82) is 0 Å². The van der Waals surface area contributed by atoms with E-state index in [0.717, 1.165) is 29.0 Å². The van der Waals surface area contributed by atoms with Gasteiger partial charge in [0, 0.05) is 31.0 Å². The number of nitrogens with zero attached hydrogens (tertiary/aromatic N) is 2. The molecule has 0 fully saturated rings. The average Bonchev–Trinajstić information content (AvgIpc) is 2.88. The number of fused-ring (bicyclic) bond motifs is 1. The molecule has 19 heavy (non-hydrogen) atoms. The van der Waals surface area contributed by atoms with Gasteiger partial charge in [0.1, 0.15) is 5.52 Å². The molecular weight excluding hydrogens is 238 g/mol. The molecule has 0 aliphatic rings. The van der Waals surface area contributed by atoms with Crippen LogP contribution in [0.1, 0.15) is 5.56 Å². The Morgan fingerprint density at radius 1 is 1.16 bits per heavy atom. The highest BCUT2D eigenvalue weighted by atomic mass is 16.3. The number of nitrogen functional groups attached to an aromatic ring is 1. The summed E-state index contributed by atoms with van der Waals surface area (Å²) >= 11 is 0. The van der Waals surface area contributed by atoms with Gasteiger partial charge in [0.05, 0.1) is 0 Å². The number of benzene rings is 2. The van der Waals surface area contributed by atoms with Gasteiger partial charge in [-0.2, -0.15) is 0 Å². The van der Waals surface area contributed by atoms with Gasteiger partial charge >= 0.3 is 0 Å². The summed E-state index contributed by atoms with van der Waals surface area (Å²) in [6.07, 6.45) is 1.47. The first-order chi connectivity index (χ1) is 9.22. The first-order valence-corrected chi connectivity index (χ1v) is 6.11. The van der Waals surface area contributed by atoms with Crippen molar-refractivity contribution in [3.63, 3.8) is 0 Å². The SMILES string of the molecule is CN(Cc1ccc(N)cc1)c1ccc2ncoc2c1. The molecular formula is C15H15N3O. The monoisotopic (exact) mass is 253 g/mol. The number of nitrogens with two attached hydrogens (primary N) is 1. The number of rotatable bonds is 3. The fraction of sp³-hybridized carbons (Fsp3) is 0.133. The molecule has 0 aliphatic carbocycles. The van der Waals surface area contributed by atoms with E-state index in [0.29, 0.717) is 0 Å². The third-order valence-corrected chi connectivity index (χ3v) is 3.16. The fourth-order valence-electron chi connectivity index (χ4n) is 2.07. The summed E-state index contributed by atoms with van der Waals surface area (Å²) in [6, 6.07) is 13.9. The minimum atomic E-state index is 0.787. The molecule has 2 aromatic carbocycles. The van der Waals surface area contributed by atoms with Gasteiger partial charge < -0.3 is 15.1 Å². The van der Waals surface area contributed by atoms with Crippen LogP contribution in [0.4, 0.5) is 11.4 Å². The molecule has 0 atom stereocenters. The van der Waals surface area contributed by atoms with E-state index in [9.17, 15) is 0 Å². The molecule has 0 aliphatic heterocycles. The van der Waals surface area contributed by atoms with E-state index in [4.69, 9.17) is 10.2 Å².